The maximum Gasteiger partial charge on any atom is 0.340 e. The molecule has 5 nitrogen and oxygen atoms in total. The second-order valence-corrected chi connectivity index (χ2v) is 4.69. The molecular formula is C10H18ClN3O2. The summed E-state index contributed by atoms with van der Waals surface area (Å²) in [6, 6.07) is -0.273. The third-order valence-electron chi connectivity index (χ3n) is 2.89. The number of halogens is 1. The summed E-state index contributed by atoms with van der Waals surface area (Å²) in [6.07, 6.45) is 4.28. The van der Waals surface area contributed by atoms with E-state index in [2.05, 4.69) is 17.5 Å². The largest absolute Gasteiger partial charge is 0.340 e. The Balaban J connectivity index is 2.39. The molecule has 0 aliphatic heterocycles. The molecule has 1 saturated carbocycles. The zero-order valence-corrected chi connectivity index (χ0v) is 10.2. The molecule has 0 aromatic heterocycles. The van der Waals surface area contributed by atoms with Crippen molar-refractivity contribution < 1.29 is 4.79 Å². The number of amides is 2. The van der Waals surface area contributed by atoms with Crippen molar-refractivity contribution in [2.75, 3.05) is 12.4 Å². The molecule has 0 unspecified atom stereocenters. The number of hydrogen-bond acceptors (Lipinski definition) is 3. The first-order valence-electron chi connectivity index (χ1n) is 5.64. The highest BCUT2D eigenvalue weighted by Gasteiger charge is 2.23. The van der Waals surface area contributed by atoms with Crippen LogP contribution in [0.2, 0.25) is 0 Å². The van der Waals surface area contributed by atoms with Crippen LogP contribution in [0.5, 0.6) is 0 Å². The lowest BCUT2D eigenvalue weighted by molar-refractivity contribution is 0.190. The van der Waals surface area contributed by atoms with Crippen molar-refractivity contribution in [3.8, 4) is 0 Å². The maximum absolute atomic E-state index is 11.6. The zero-order valence-electron chi connectivity index (χ0n) is 9.49. The lowest BCUT2D eigenvalue weighted by Gasteiger charge is -2.28. The van der Waals surface area contributed by atoms with Crippen LogP contribution in [-0.4, -0.2) is 29.5 Å². The summed E-state index contributed by atoms with van der Waals surface area (Å²) in [5.41, 5.74) is 0. The summed E-state index contributed by atoms with van der Waals surface area (Å²) >= 11 is 5.46. The lowest BCUT2D eigenvalue weighted by atomic mass is 9.87. The van der Waals surface area contributed by atoms with E-state index < -0.39 is 6.03 Å². The smallest absolute Gasteiger partial charge is 0.334 e. The van der Waals surface area contributed by atoms with Gasteiger partial charge in [-0.05, 0) is 18.8 Å². The van der Waals surface area contributed by atoms with Crippen LogP contribution in [0.4, 0.5) is 4.79 Å². The Kier molecular flexibility index (Phi) is 5.52. The molecule has 16 heavy (non-hydrogen) atoms. The van der Waals surface area contributed by atoms with Crippen molar-refractivity contribution in [3.05, 3.63) is 4.91 Å². The minimum atomic E-state index is -0.435. The van der Waals surface area contributed by atoms with Gasteiger partial charge in [0.25, 0.3) is 0 Å². The molecule has 0 heterocycles. The summed E-state index contributed by atoms with van der Waals surface area (Å²) in [4.78, 5) is 22.0. The van der Waals surface area contributed by atoms with E-state index in [9.17, 15) is 9.70 Å². The van der Waals surface area contributed by atoms with Gasteiger partial charge in [0.05, 0.1) is 11.8 Å². The van der Waals surface area contributed by atoms with Gasteiger partial charge in [0.1, 0.15) is 0 Å². The number of hydrogen-bond donors (Lipinski definition) is 1. The van der Waals surface area contributed by atoms with Crippen LogP contribution >= 0.6 is 11.6 Å². The Morgan fingerprint density at radius 3 is 2.88 bits per heavy atom. The molecule has 1 rings (SSSR count). The summed E-state index contributed by atoms with van der Waals surface area (Å²) in [5, 5.41) is 6.31. The lowest BCUT2D eigenvalue weighted by Crippen LogP contribution is -2.44. The van der Waals surface area contributed by atoms with Gasteiger partial charge in [-0.15, -0.1) is 16.5 Å². The number of nitrogens with one attached hydrogen (secondary N) is 1. The zero-order chi connectivity index (χ0) is 12.0. The van der Waals surface area contributed by atoms with E-state index in [0.717, 1.165) is 24.3 Å². The van der Waals surface area contributed by atoms with E-state index in [-0.39, 0.29) is 18.5 Å². The first kappa shape index (κ1) is 13.2. The van der Waals surface area contributed by atoms with Gasteiger partial charge in [-0.3, -0.25) is 0 Å². The molecule has 0 radical (unpaired) electrons. The van der Waals surface area contributed by atoms with Crippen molar-refractivity contribution in [3.63, 3.8) is 0 Å². The molecule has 92 valence electrons. The molecule has 1 fully saturated rings. The minimum Gasteiger partial charge on any atom is -0.334 e. The molecule has 1 aliphatic rings. The molecule has 0 saturated heterocycles. The third kappa shape index (κ3) is 3.96. The highest BCUT2D eigenvalue weighted by atomic mass is 35.5. The fourth-order valence-electron chi connectivity index (χ4n) is 2.07. The molecule has 0 aromatic carbocycles. The molecule has 6 heteroatoms. The Hall–Kier alpha value is -0.840. The Labute approximate surface area is 100 Å². The molecule has 0 aromatic rings. The number of carbonyl (C=O) groups is 1. The van der Waals surface area contributed by atoms with Gasteiger partial charge in [-0.25, -0.2) is 4.79 Å². The highest BCUT2D eigenvalue weighted by molar-refractivity contribution is 6.18. The molecule has 1 aliphatic carbocycles. The van der Waals surface area contributed by atoms with Gasteiger partial charge in [0.15, 0.2) is 0 Å². The van der Waals surface area contributed by atoms with E-state index in [1.54, 1.807) is 0 Å². The van der Waals surface area contributed by atoms with Crippen LogP contribution in [0.1, 0.15) is 32.6 Å². The van der Waals surface area contributed by atoms with E-state index >= 15 is 0 Å². The molecule has 2 amide bonds. The van der Waals surface area contributed by atoms with Gasteiger partial charge in [0, 0.05) is 11.9 Å². The SMILES string of the molecule is C[C@H]1CCC[C@@H](NC(=O)N(CCCl)N=O)C1. The molecule has 2 atom stereocenters. The van der Waals surface area contributed by atoms with Crippen LogP contribution in [0.3, 0.4) is 0 Å². The van der Waals surface area contributed by atoms with Crippen LogP contribution < -0.4 is 5.32 Å². The standard InChI is InChI=1S/C10H18ClN3O2/c1-8-3-2-4-9(7-8)12-10(15)14(13-16)6-5-11/h8-9H,2-7H2,1H3,(H,12,15)/t8-,9+/m0/s1. The van der Waals surface area contributed by atoms with Crippen molar-refractivity contribution >= 4 is 17.6 Å². The molecular weight excluding hydrogens is 230 g/mol. The average molecular weight is 248 g/mol. The van der Waals surface area contributed by atoms with Gasteiger partial charge in [0.2, 0.25) is 0 Å². The van der Waals surface area contributed by atoms with Crippen molar-refractivity contribution in [1.29, 1.82) is 0 Å². The van der Waals surface area contributed by atoms with Gasteiger partial charge in [-0.1, -0.05) is 19.8 Å². The van der Waals surface area contributed by atoms with Crippen LogP contribution in [0.25, 0.3) is 0 Å². The molecule has 0 spiro atoms. The fourth-order valence-corrected chi connectivity index (χ4v) is 2.23. The predicted molar refractivity (Wildman–Crippen MR) is 63.2 cm³/mol. The van der Waals surface area contributed by atoms with Crippen molar-refractivity contribution in [2.45, 2.75) is 38.6 Å². The Bertz CT molecular complexity index is 250. The van der Waals surface area contributed by atoms with Gasteiger partial charge in [-0.2, -0.15) is 5.01 Å². The second-order valence-electron chi connectivity index (χ2n) is 4.31. The van der Waals surface area contributed by atoms with E-state index in [4.69, 9.17) is 11.6 Å². The third-order valence-corrected chi connectivity index (χ3v) is 3.06. The summed E-state index contributed by atoms with van der Waals surface area (Å²) < 4.78 is 0. The number of carbonyl (C=O) groups excluding carboxylic acids is 1. The van der Waals surface area contributed by atoms with E-state index in [1.165, 1.54) is 6.42 Å². The number of nitrogens with zero attached hydrogens (tertiary/aromatic N) is 2. The second kappa shape index (κ2) is 6.68. The average Bonchev–Trinajstić information content (AvgIpc) is 2.25. The maximum atomic E-state index is 11.6. The predicted octanol–water partition coefficient (Wildman–Crippen LogP) is 2.50. The summed E-state index contributed by atoms with van der Waals surface area (Å²) in [6.45, 7) is 2.33. The first-order valence-corrected chi connectivity index (χ1v) is 6.18. The first-order chi connectivity index (χ1) is 7.67. The van der Waals surface area contributed by atoms with Crippen LogP contribution in [0, 0.1) is 10.8 Å². The summed E-state index contributed by atoms with van der Waals surface area (Å²) in [5.74, 6) is 0.838. The number of nitroso groups, excluding NO2 is 1. The highest BCUT2D eigenvalue weighted by Crippen LogP contribution is 2.23. The number of alkyl halides is 1. The van der Waals surface area contributed by atoms with Crippen molar-refractivity contribution in [2.24, 2.45) is 11.2 Å². The minimum absolute atomic E-state index is 0.152. The quantitative estimate of drug-likeness (QED) is 0.471. The molecule has 0 bridgehead atoms. The van der Waals surface area contributed by atoms with Gasteiger partial charge < -0.3 is 5.32 Å². The fraction of sp³-hybridized carbons (Fsp3) is 0.900. The molecule has 1 N–H and O–H groups in total. The Morgan fingerprint density at radius 2 is 2.31 bits per heavy atom. The van der Waals surface area contributed by atoms with E-state index in [0.29, 0.717) is 5.92 Å². The Morgan fingerprint density at radius 1 is 1.56 bits per heavy atom. The summed E-state index contributed by atoms with van der Waals surface area (Å²) in [7, 11) is 0. The monoisotopic (exact) mass is 247 g/mol. The van der Waals surface area contributed by atoms with Crippen LogP contribution in [-0.2, 0) is 0 Å². The van der Waals surface area contributed by atoms with E-state index in [1.807, 2.05) is 0 Å². The number of rotatable bonds is 4. The van der Waals surface area contributed by atoms with Gasteiger partial charge >= 0.3 is 6.03 Å². The normalized spacial score (nSPS) is 24.9. The van der Waals surface area contributed by atoms with Crippen LogP contribution in [0.15, 0.2) is 5.29 Å². The topological polar surface area (TPSA) is 61.8 Å². The van der Waals surface area contributed by atoms with Crippen molar-refractivity contribution in [1.82, 2.24) is 10.3 Å². The number of urea groups is 1.